The van der Waals surface area contributed by atoms with Gasteiger partial charge in [0.2, 0.25) is 0 Å². The van der Waals surface area contributed by atoms with Crippen LogP contribution in [0.5, 0.6) is 0 Å². The zero-order valence-corrected chi connectivity index (χ0v) is 9.55. The molecule has 0 spiro atoms. The van der Waals surface area contributed by atoms with Crippen LogP contribution in [0.4, 0.5) is 0 Å². The molecule has 3 rings (SSSR count). The van der Waals surface area contributed by atoms with Crippen LogP contribution >= 0.6 is 0 Å². The van der Waals surface area contributed by atoms with Crippen LogP contribution in [0.3, 0.4) is 0 Å². The summed E-state index contributed by atoms with van der Waals surface area (Å²) in [6.45, 7) is 4.14. The normalized spacial score (nSPS) is 16.2. The largest absolute Gasteiger partial charge is 0.323 e. The van der Waals surface area contributed by atoms with Crippen molar-refractivity contribution in [1.82, 2.24) is 20.6 Å². The SMILES string of the molecule is O=c1[nH]c2ccc(CNCC3CNC3)cc2[nH]1. The minimum absolute atomic E-state index is 0.148. The Bertz CT molecular complexity index is 567. The molecule has 0 unspecified atom stereocenters. The van der Waals surface area contributed by atoms with Crippen molar-refractivity contribution in [2.45, 2.75) is 6.54 Å². The lowest BCUT2D eigenvalue weighted by molar-refractivity contribution is 0.331. The third kappa shape index (κ3) is 2.25. The zero-order valence-electron chi connectivity index (χ0n) is 9.55. The molecule has 0 amide bonds. The van der Waals surface area contributed by atoms with Gasteiger partial charge in [-0.3, -0.25) is 0 Å². The Hall–Kier alpha value is -1.59. The fraction of sp³-hybridized carbons (Fsp3) is 0.417. The van der Waals surface area contributed by atoms with E-state index in [0.717, 1.165) is 43.1 Å². The number of nitrogens with one attached hydrogen (secondary N) is 4. The molecule has 90 valence electrons. The molecule has 1 fully saturated rings. The Morgan fingerprint density at radius 3 is 2.82 bits per heavy atom. The molecule has 0 aliphatic carbocycles. The number of hydrogen-bond acceptors (Lipinski definition) is 3. The van der Waals surface area contributed by atoms with Crippen LogP contribution in [0.15, 0.2) is 23.0 Å². The quantitative estimate of drug-likeness (QED) is 0.607. The molecule has 2 aromatic rings. The number of aromatic nitrogens is 2. The number of hydrogen-bond donors (Lipinski definition) is 4. The van der Waals surface area contributed by atoms with Crippen molar-refractivity contribution in [3.8, 4) is 0 Å². The Morgan fingerprint density at radius 1 is 1.24 bits per heavy atom. The Balaban J connectivity index is 1.65. The Kier molecular flexibility index (Phi) is 2.70. The van der Waals surface area contributed by atoms with Gasteiger partial charge in [0, 0.05) is 26.2 Å². The molecule has 0 saturated carbocycles. The van der Waals surface area contributed by atoms with Gasteiger partial charge in [-0.15, -0.1) is 0 Å². The van der Waals surface area contributed by atoms with Crippen LogP contribution in [0.2, 0.25) is 0 Å². The molecule has 4 N–H and O–H groups in total. The summed E-state index contributed by atoms with van der Waals surface area (Å²) < 4.78 is 0. The van der Waals surface area contributed by atoms with Crippen molar-refractivity contribution in [2.24, 2.45) is 5.92 Å². The van der Waals surface area contributed by atoms with Crippen LogP contribution in [-0.2, 0) is 6.54 Å². The summed E-state index contributed by atoms with van der Waals surface area (Å²) in [5, 5.41) is 6.69. The number of imidazole rings is 1. The second kappa shape index (κ2) is 4.35. The van der Waals surface area contributed by atoms with Gasteiger partial charge in [-0.1, -0.05) is 6.07 Å². The van der Waals surface area contributed by atoms with E-state index in [1.807, 2.05) is 18.2 Å². The second-order valence-electron chi connectivity index (χ2n) is 4.61. The van der Waals surface area contributed by atoms with Gasteiger partial charge >= 0.3 is 5.69 Å². The van der Waals surface area contributed by atoms with Crippen LogP contribution in [-0.4, -0.2) is 29.6 Å². The molecule has 1 aromatic heterocycles. The third-order valence-electron chi connectivity index (χ3n) is 3.21. The molecule has 5 heteroatoms. The minimum atomic E-state index is -0.148. The van der Waals surface area contributed by atoms with E-state index in [1.165, 1.54) is 5.56 Å². The van der Waals surface area contributed by atoms with E-state index in [0.29, 0.717) is 0 Å². The standard InChI is InChI=1S/C12H16N4O/c17-12-15-10-2-1-8(3-11(10)16-12)4-13-5-9-6-14-7-9/h1-3,9,13-14H,4-7H2,(H2,15,16,17). The molecule has 1 aliphatic rings. The van der Waals surface area contributed by atoms with E-state index in [2.05, 4.69) is 20.6 Å². The highest BCUT2D eigenvalue weighted by Crippen LogP contribution is 2.10. The average molecular weight is 232 g/mol. The van der Waals surface area contributed by atoms with Gasteiger partial charge in [-0.05, 0) is 23.6 Å². The van der Waals surface area contributed by atoms with E-state index in [-0.39, 0.29) is 5.69 Å². The topological polar surface area (TPSA) is 72.7 Å². The monoisotopic (exact) mass is 232 g/mol. The van der Waals surface area contributed by atoms with Crippen LogP contribution in [0.25, 0.3) is 11.0 Å². The number of fused-ring (bicyclic) bond motifs is 1. The number of aromatic amines is 2. The number of H-pyrrole nitrogens is 2. The fourth-order valence-corrected chi connectivity index (χ4v) is 2.10. The lowest BCUT2D eigenvalue weighted by atomic mass is 10.0. The lowest BCUT2D eigenvalue weighted by Crippen LogP contribution is -2.47. The van der Waals surface area contributed by atoms with Crippen molar-refractivity contribution < 1.29 is 0 Å². The highest BCUT2D eigenvalue weighted by molar-refractivity contribution is 5.74. The predicted octanol–water partition coefficient (Wildman–Crippen LogP) is 0.165. The second-order valence-corrected chi connectivity index (χ2v) is 4.61. The van der Waals surface area contributed by atoms with Crippen molar-refractivity contribution in [3.63, 3.8) is 0 Å². The summed E-state index contributed by atoms with van der Waals surface area (Å²) in [4.78, 5) is 16.6. The van der Waals surface area contributed by atoms with Gasteiger partial charge in [0.1, 0.15) is 0 Å². The maximum Gasteiger partial charge on any atom is 0.323 e. The van der Waals surface area contributed by atoms with E-state index >= 15 is 0 Å². The summed E-state index contributed by atoms with van der Waals surface area (Å²) in [6, 6.07) is 5.99. The Labute approximate surface area is 98.6 Å². The van der Waals surface area contributed by atoms with E-state index in [1.54, 1.807) is 0 Å². The molecule has 5 nitrogen and oxygen atoms in total. The summed E-state index contributed by atoms with van der Waals surface area (Å²) in [5.41, 5.74) is 2.78. The number of benzene rings is 1. The first-order valence-corrected chi connectivity index (χ1v) is 5.93. The first-order chi connectivity index (χ1) is 8.31. The predicted molar refractivity (Wildman–Crippen MR) is 67.0 cm³/mol. The number of rotatable bonds is 4. The van der Waals surface area contributed by atoms with Gasteiger partial charge in [-0.2, -0.15) is 0 Å². The first kappa shape index (κ1) is 10.6. The first-order valence-electron chi connectivity index (χ1n) is 5.93. The van der Waals surface area contributed by atoms with E-state index < -0.39 is 0 Å². The highest BCUT2D eigenvalue weighted by atomic mass is 16.1. The molecular formula is C12H16N4O. The molecule has 17 heavy (non-hydrogen) atoms. The molecule has 0 radical (unpaired) electrons. The van der Waals surface area contributed by atoms with Gasteiger partial charge in [0.25, 0.3) is 0 Å². The molecule has 1 aliphatic heterocycles. The molecule has 1 saturated heterocycles. The summed E-state index contributed by atoms with van der Waals surface area (Å²) in [5.74, 6) is 0.769. The van der Waals surface area contributed by atoms with Crippen LogP contribution in [0.1, 0.15) is 5.56 Å². The van der Waals surface area contributed by atoms with E-state index in [9.17, 15) is 4.79 Å². The van der Waals surface area contributed by atoms with Gasteiger partial charge in [-0.25, -0.2) is 4.79 Å². The Morgan fingerprint density at radius 2 is 2.06 bits per heavy atom. The van der Waals surface area contributed by atoms with Crippen molar-refractivity contribution in [2.75, 3.05) is 19.6 Å². The van der Waals surface area contributed by atoms with Crippen molar-refractivity contribution in [3.05, 3.63) is 34.2 Å². The van der Waals surface area contributed by atoms with Crippen molar-refractivity contribution >= 4 is 11.0 Å². The average Bonchev–Trinajstić information content (AvgIpc) is 2.61. The molecule has 0 atom stereocenters. The molecule has 1 aromatic carbocycles. The van der Waals surface area contributed by atoms with Gasteiger partial charge < -0.3 is 20.6 Å². The fourth-order valence-electron chi connectivity index (χ4n) is 2.10. The van der Waals surface area contributed by atoms with Gasteiger partial charge in [0.05, 0.1) is 11.0 Å². The van der Waals surface area contributed by atoms with Crippen LogP contribution < -0.4 is 16.3 Å². The third-order valence-corrected chi connectivity index (χ3v) is 3.21. The molecule has 0 bridgehead atoms. The summed E-state index contributed by atoms with van der Waals surface area (Å²) in [6.07, 6.45) is 0. The highest BCUT2D eigenvalue weighted by Gasteiger charge is 2.15. The summed E-state index contributed by atoms with van der Waals surface area (Å²) >= 11 is 0. The molecule has 2 heterocycles. The van der Waals surface area contributed by atoms with E-state index in [4.69, 9.17) is 0 Å². The van der Waals surface area contributed by atoms with Crippen LogP contribution in [0, 0.1) is 5.92 Å². The molecular weight excluding hydrogens is 216 g/mol. The zero-order chi connectivity index (χ0) is 11.7. The lowest BCUT2D eigenvalue weighted by Gasteiger charge is -2.27. The van der Waals surface area contributed by atoms with Crippen molar-refractivity contribution in [1.29, 1.82) is 0 Å². The summed E-state index contributed by atoms with van der Waals surface area (Å²) in [7, 11) is 0. The maximum atomic E-state index is 11.1. The maximum absolute atomic E-state index is 11.1. The van der Waals surface area contributed by atoms with Gasteiger partial charge in [0.15, 0.2) is 0 Å². The minimum Gasteiger partial charge on any atom is -0.316 e. The smallest absolute Gasteiger partial charge is 0.316 e.